The van der Waals surface area contributed by atoms with Crippen molar-refractivity contribution < 1.29 is 4.79 Å². The van der Waals surface area contributed by atoms with Crippen molar-refractivity contribution in [2.24, 2.45) is 5.73 Å². The van der Waals surface area contributed by atoms with Gasteiger partial charge in [0.15, 0.2) is 5.78 Å². The molecule has 0 amide bonds. The minimum atomic E-state index is -0.799. The first kappa shape index (κ1) is 11.9. The van der Waals surface area contributed by atoms with Crippen LogP contribution < -0.4 is 5.73 Å². The van der Waals surface area contributed by atoms with Crippen LogP contribution in [0.2, 0.25) is 0 Å². The van der Waals surface area contributed by atoms with Gasteiger partial charge in [-0.2, -0.15) is 0 Å². The smallest absolute Gasteiger partial charge is 0.182 e. The lowest BCUT2D eigenvalue weighted by Crippen LogP contribution is -2.41. The minimum absolute atomic E-state index is 0.00287. The Hall–Kier alpha value is -1.15. The van der Waals surface area contributed by atoms with Gasteiger partial charge in [-0.05, 0) is 51.3 Å². The molecule has 0 aliphatic carbocycles. The van der Waals surface area contributed by atoms with Gasteiger partial charge in [-0.15, -0.1) is 0 Å². The molecule has 2 nitrogen and oxygen atoms in total. The van der Waals surface area contributed by atoms with Gasteiger partial charge in [-0.1, -0.05) is 12.1 Å². The van der Waals surface area contributed by atoms with Gasteiger partial charge in [0, 0.05) is 5.56 Å². The molecule has 0 aliphatic rings. The van der Waals surface area contributed by atoms with Crippen LogP contribution in [0.3, 0.4) is 0 Å². The minimum Gasteiger partial charge on any atom is -0.319 e. The van der Waals surface area contributed by atoms with Crippen molar-refractivity contribution in [2.75, 3.05) is 0 Å². The SMILES string of the molecule is Cc1ccc(C(=O)C(C)(C)N)c(C)c1C. The lowest BCUT2D eigenvalue weighted by atomic mass is 9.89. The van der Waals surface area contributed by atoms with E-state index < -0.39 is 5.54 Å². The summed E-state index contributed by atoms with van der Waals surface area (Å²) in [6.07, 6.45) is 0. The van der Waals surface area contributed by atoms with Crippen LogP contribution in [0.15, 0.2) is 12.1 Å². The molecular formula is C13H19NO. The molecular weight excluding hydrogens is 186 g/mol. The Morgan fingerprint density at radius 3 is 2.13 bits per heavy atom. The van der Waals surface area contributed by atoms with Crippen molar-refractivity contribution in [3.8, 4) is 0 Å². The number of ketones is 1. The summed E-state index contributed by atoms with van der Waals surface area (Å²) in [6, 6.07) is 3.84. The maximum Gasteiger partial charge on any atom is 0.182 e. The highest BCUT2D eigenvalue weighted by atomic mass is 16.1. The number of hydrogen-bond donors (Lipinski definition) is 1. The molecule has 0 unspecified atom stereocenters. The van der Waals surface area contributed by atoms with E-state index in [0.29, 0.717) is 0 Å². The summed E-state index contributed by atoms with van der Waals surface area (Å²) < 4.78 is 0. The van der Waals surface area contributed by atoms with Crippen molar-refractivity contribution in [3.63, 3.8) is 0 Å². The molecule has 0 aliphatic heterocycles. The molecule has 1 aromatic rings. The summed E-state index contributed by atoms with van der Waals surface area (Å²) in [5, 5.41) is 0. The summed E-state index contributed by atoms with van der Waals surface area (Å²) in [6.45, 7) is 9.53. The molecule has 0 aromatic heterocycles. The van der Waals surface area contributed by atoms with Crippen LogP contribution >= 0.6 is 0 Å². The molecule has 0 fully saturated rings. The molecule has 0 bridgehead atoms. The van der Waals surface area contributed by atoms with Gasteiger partial charge < -0.3 is 5.73 Å². The third kappa shape index (κ3) is 2.26. The van der Waals surface area contributed by atoms with Gasteiger partial charge in [-0.25, -0.2) is 0 Å². The first-order valence-electron chi connectivity index (χ1n) is 5.15. The van der Waals surface area contributed by atoms with Crippen molar-refractivity contribution >= 4 is 5.78 Å². The largest absolute Gasteiger partial charge is 0.319 e. The molecule has 1 rings (SSSR count). The Balaban J connectivity index is 3.29. The van der Waals surface area contributed by atoms with Crippen LogP contribution in [0.4, 0.5) is 0 Å². The maximum atomic E-state index is 12.0. The maximum absolute atomic E-state index is 12.0. The standard InChI is InChI=1S/C13H19NO/c1-8-6-7-11(10(3)9(8)2)12(15)13(4,5)14/h6-7H,14H2,1-5H3. The third-order valence-corrected chi connectivity index (χ3v) is 2.89. The van der Waals surface area contributed by atoms with Crippen LogP contribution in [-0.4, -0.2) is 11.3 Å². The lowest BCUT2D eigenvalue weighted by molar-refractivity contribution is 0.0913. The van der Waals surface area contributed by atoms with Crippen molar-refractivity contribution in [1.29, 1.82) is 0 Å². The van der Waals surface area contributed by atoms with E-state index >= 15 is 0 Å². The number of Topliss-reactive ketones (excluding diaryl/α,β-unsaturated/α-hetero) is 1. The molecule has 0 spiro atoms. The van der Waals surface area contributed by atoms with Crippen LogP contribution in [0.5, 0.6) is 0 Å². The second kappa shape index (κ2) is 3.78. The van der Waals surface area contributed by atoms with Gasteiger partial charge in [0.2, 0.25) is 0 Å². The van der Waals surface area contributed by atoms with E-state index in [0.717, 1.165) is 11.1 Å². The van der Waals surface area contributed by atoms with Crippen molar-refractivity contribution in [3.05, 3.63) is 34.4 Å². The Bertz CT molecular complexity index is 400. The highest BCUT2D eigenvalue weighted by Crippen LogP contribution is 2.20. The van der Waals surface area contributed by atoms with Crippen LogP contribution in [0.1, 0.15) is 40.9 Å². The Morgan fingerprint density at radius 2 is 1.67 bits per heavy atom. The zero-order valence-corrected chi connectivity index (χ0v) is 10.1. The third-order valence-electron chi connectivity index (χ3n) is 2.89. The molecule has 0 heterocycles. The number of rotatable bonds is 2. The topological polar surface area (TPSA) is 43.1 Å². The summed E-state index contributed by atoms with van der Waals surface area (Å²) in [5.74, 6) is 0.00287. The molecule has 0 atom stereocenters. The molecule has 1 aromatic carbocycles. The fourth-order valence-electron chi connectivity index (χ4n) is 1.55. The van der Waals surface area contributed by atoms with Gasteiger partial charge in [0.25, 0.3) is 0 Å². The average molecular weight is 205 g/mol. The van der Waals surface area contributed by atoms with Gasteiger partial charge in [0.05, 0.1) is 5.54 Å². The van der Waals surface area contributed by atoms with Crippen molar-refractivity contribution in [1.82, 2.24) is 0 Å². The van der Waals surface area contributed by atoms with Crippen LogP contribution in [-0.2, 0) is 0 Å². The Kier molecular flexibility index (Phi) is 3.00. The molecule has 2 heteroatoms. The van der Waals surface area contributed by atoms with E-state index in [1.165, 1.54) is 11.1 Å². The summed E-state index contributed by atoms with van der Waals surface area (Å²) in [7, 11) is 0. The fourth-order valence-corrected chi connectivity index (χ4v) is 1.55. The summed E-state index contributed by atoms with van der Waals surface area (Å²) >= 11 is 0. The lowest BCUT2D eigenvalue weighted by Gasteiger charge is -2.19. The monoisotopic (exact) mass is 205 g/mol. The van der Waals surface area contributed by atoms with Crippen LogP contribution in [0.25, 0.3) is 0 Å². The number of nitrogens with two attached hydrogens (primary N) is 1. The first-order chi connectivity index (χ1) is 6.75. The van der Waals surface area contributed by atoms with Gasteiger partial charge >= 0.3 is 0 Å². The summed E-state index contributed by atoms with van der Waals surface area (Å²) in [4.78, 5) is 12.0. The fraction of sp³-hybridized carbons (Fsp3) is 0.462. The van der Waals surface area contributed by atoms with Crippen LogP contribution in [0, 0.1) is 20.8 Å². The molecule has 0 radical (unpaired) electrons. The number of hydrogen-bond acceptors (Lipinski definition) is 2. The number of benzene rings is 1. The first-order valence-corrected chi connectivity index (χ1v) is 5.15. The zero-order valence-electron chi connectivity index (χ0n) is 10.1. The summed E-state index contributed by atoms with van der Waals surface area (Å²) in [5.41, 5.74) is 9.18. The molecule has 0 saturated carbocycles. The Morgan fingerprint density at radius 1 is 1.13 bits per heavy atom. The van der Waals surface area contributed by atoms with E-state index in [4.69, 9.17) is 5.73 Å². The Labute approximate surface area is 91.5 Å². The number of aryl methyl sites for hydroxylation is 1. The molecule has 0 saturated heterocycles. The predicted octanol–water partition coefficient (Wildman–Crippen LogP) is 2.53. The van der Waals surface area contributed by atoms with E-state index in [1.54, 1.807) is 13.8 Å². The van der Waals surface area contributed by atoms with E-state index in [9.17, 15) is 4.79 Å². The quantitative estimate of drug-likeness (QED) is 0.754. The van der Waals surface area contributed by atoms with Gasteiger partial charge in [-0.3, -0.25) is 4.79 Å². The number of carbonyl (C=O) groups is 1. The van der Waals surface area contributed by atoms with Crippen molar-refractivity contribution in [2.45, 2.75) is 40.2 Å². The highest BCUT2D eigenvalue weighted by molar-refractivity contribution is 6.03. The van der Waals surface area contributed by atoms with Gasteiger partial charge in [0.1, 0.15) is 0 Å². The zero-order chi connectivity index (χ0) is 11.8. The second-order valence-corrected chi connectivity index (χ2v) is 4.73. The highest BCUT2D eigenvalue weighted by Gasteiger charge is 2.25. The molecule has 15 heavy (non-hydrogen) atoms. The van der Waals surface area contributed by atoms with E-state index in [2.05, 4.69) is 0 Å². The van der Waals surface area contributed by atoms with E-state index in [1.807, 2.05) is 32.9 Å². The molecule has 82 valence electrons. The van der Waals surface area contributed by atoms with E-state index in [-0.39, 0.29) is 5.78 Å². The normalized spacial score (nSPS) is 11.6. The average Bonchev–Trinajstić information content (AvgIpc) is 2.12. The predicted molar refractivity (Wildman–Crippen MR) is 63.2 cm³/mol. The molecule has 2 N–H and O–H groups in total. The second-order valence-electron chi connectivity index (χ2n) is 4.73. The number of carbonyl (C=O) groups excluding carboxylic acids is 1.